The molecule has 3 atom stereocenters. The maximum absolute atomic E-state index is 11.6. The first kappa shape index (κ1) is 15.4. The molecule has 1 aromatic heterocycles. The normalized spacial score (nSPS) is 29.9. The van der Waals surface area contributed by atoms with E-state index in [4.69, 9.17) is 4.74 Å². The van der Waals surface area contributed by atoms with Gasteiger partial charge >= 0.3 is 0 Å². The Morgan fingerprint density at radius 3 is 3.10 bits per heavy atom. The highest BCUT2D eigenvalue weighted by atomic mass is 32.2. The van der Waals surface area contributed by atoms with Crippen LogP contribution in [-0.2, 0) is 21.3 Å². The second-order valence-corrected chi connectivity index (χ2v) is 8.74. The number of sulfonamides is 1. The molecule has 0 spiro atoms. The molecule has 118 valence electrons. The molecule has 3 rings (SSSR count). The van der Waals surface area contributed by atoms with Crippen LogP contribution in [-0.4, -0.2) is 56.4 Å². The number of hydrogen-bond acceptors (Lipinski definition) is 6. The number of rotatable bonds is 6. The Hall–Kier alpha value is -0.540. The maximum Gasteiger partial charge on any atom is 0.211 e. The standard InChI is InChI=1S/C13H21N3O3S2/c1-2-21(17,18)15-5-10-9-19-12-7-16(6-11(10)12)8-13-14-3-4-20-13/h3-4,10-12,15H,2,5-9H2,1H3/t10-,11-,12-/m1/s1. The van der Waals surface area contributed by atoms with Gasteiger partial charge in [0.05, 0.1) is 25.0 Å². The first-order valence-corrected chi connectivity index (χ1v) is 9.80. The van der Waals surface area contributed by atoms with E-state index in [1.165, 1.54) is 0 Å². The lowest BCUT2D eigenvalue weighted by atomic mass is 9.93. The predicted molar refractivity (Wildman–Crippen MR) is 81.6 cm³/mol. The zero-order chi connectivity index (χ0) is 14.9. The van der Waals surface area contributed by atoms with Crippen LogP contribution in [0.4, 0.5) is 0 Å². The van der Waals surface area contributed by atoms with Crippen LogP contribution < -0.4 is 4.72 Å². The van der Waals surface area contributed by atoms with Crippen LogP contribution in [0.3, 0.4) is 0 Å². The minimum Gasteiger partial charge on any atom is -0.376 e. The fourth-order valence-corrected chi connectivity index (χ4v) is 4.41. The zero-order valence-electron chi connectivity index (χ0n) is 12.1. The van der Waals surface area contributed by atoms with Crippen LogP contribution in [0, 0.1) is 11.8 Å². The quantitative estimate of drug-likeness (QED) is 0.823. The number of fused-ring (bicyclic) bond motifs is 1. The molecule has 6 nitrogen and oxygen atoms in total. The summed E-state index contributed by atoms with van der Waals surface area (Å²) in [5, 5.41) is 3.11. The Morgan fingerprint density at radius 1 is 1.52 bits per heavy atom. The highest BCUT2D eigenvalue weighted by Gasteiger charge is 2.43. The van der Waals surface area contributed by atoms with E-state index in [0.717, 1.165) is 24.6 Å². The fraction of sp³-hybridized carbons (Fsp3) is 0.769. The molecule has 0 radical (unpaired) electrons. The topological polar surface area (TPSA) is 71.5 Å². The van der Waals surface area contributed by atoms with E-state index < -0.39 is 10.0 Å². The van der Waals surface area contributed by atoms with Crippen LogP contribution in [0.1, 0.15) is 11.9 Å². The lowest BCUT2D eigenvalue weighted by molar-refractivity contribution is 0.0942. The van der Waals surface area contributed by atoms with Crippen molar-refractivity contribution in [1.82, 2.24) is 14.6 Å². The molecule has 21 heavy (non-hydrogen) atoms. The zero-order valence-corrected chi connectivity index (χ0v) is 13.7. The highest BCUT2D eigenvalue weighted by Crippen LogP contribution is 2.34. The molecule has 0 aliphatic carbocycles. The Labute approximate surface area is 129 Å². The van der Waals surface area contributed by atoms with E-state index >= 15 is 0 Å². The average molecular weight is 331 g/mol. The molecule has 0 unspecified atom stereocenters. The fourth-order valence-electron chi connectivity index (χ4n) is 3.08. The van der Waals surface area contributed by atoms with E-state index in [2.05, 4.69) is 14.6 Å². The van der Waals surface area contributed by atoms with Crippen molar-refractivity contribution in [3.8, 4) is 0 Å². The first-order valence-electron chi connectivity index (χ1n) is 7.27. The lowest BCUT2D eigenvalue weighted by Gasteiger charge is -2.19. The Kier molecular flexibility index (Phi) is 4.60. The van der Waals surface area contributed by atoms with Gasteiger partial charge in [-0.2, -0.15) is 0 Å². The van der Waals surface area contributed by atoms with E-state index in [9.17, 15) is 8.42 Å². The van der Waals surface area contributed by atoms with Crippen molar-refractivity contribution in [1.29, 1.82) is 0 Å². The third-order valence-electron chi connectivity index (χ3n) is 4.30. The van der Waals surface area contributed by atoms with Crippen molar-refractivity contribution >= 4 is 21.4 Å². The summed E-state index contributed by atoms with van der Waals surface area (Å²) >= 11 is 1.67. The van der Waals surface area contributed by atoms with Crippen molar-refractivity contribution in [2.45, 2.75) is 19.6 Å². The largest absolute Gasteiger partial charge is 0.376 e. The molecule has 3 heterocycles. The molecule has 0 bridgehead atoms. The molecular formula is C13H21N3O3S2. The second kappa shape index (κ2) is 6.29. The summed E-state index contributed by atoms with van der Waals surface area (Å²) in [5.74, 6) is 0.826. The molecule has 2 aliphatic heterocycles. The molecule has 1 N–H and O–H groups in total. The van der Waals surface area contributed by atoms with Gasteiger partial charge in [-0.25, -0.2) is 18.1 Å². The summed E-state index contributed by atoms with van der Waals surface area (Å²) in [7, 11) is -3.12. The van der Waals surface area contributed by atoms with E-state index in [1.807, 2.05) is 11.6 Å². The Balaban J connectivity index is 1.54. The van der Waals surface area contributed by atoms with E-state index in [-0.39, 0.29) is 17.8 Å². The van der Waals surface area contributed by atoms with Gasteiger partial charge in [0, 0.05) is 43.0 Å². The van der Waals surface area contributed by atoms with Gasteiger partial charge in [0.2, 0.25) is 10.0 Å². The summed E-state index contributed by atoms with van der Waals surface area (Å²) in [4.78, 5) is 6.67. The summed E-state index contributed by atoms with van der Waals surface area (Å²) < 4.78 is 31.6. The number of hydrogen-bond donors (Lipinski definition) is 1. The molecule has 8 heteroatoms. The summed E-state index contributed by atoms with van der Waals surface area (Å²) in [6, 6.07) is 0. The van der Waals surface area contributed by atoms with Gasteiger partial charge in [-0.15, -0.1) is 11.3 Å². The number of ether oxygens (including phenoxy) is 1. The molecule has 0 aromatic carbocycles. The minimum atomic E-state index is -3.12. The van der Waals surface area contributed by atoms with Gasteiger partial charge in [-0.3, -0.25) is 4.90 Å². The summed E-state index contributed by atoms with van der Waals surface area (Å²) in [6.45, 7) is 5.54. The lowest BCUT2D eigenvalue weighted by Crippen LogP contribution is -2.34. The van der Waals surface area contributed by atoms with Gasteiger partial charge in [-0.1, -0.05) is 0 Å². The van der Waals surface area contributed by atoms with Gasteiger partial charge in [-0.05, 0) is 6.92 Å². The molecule has 2 saturated heterocycles. The van der Waals surface area contributed by atoms with Crippen molar-refractivity contribution in [3.05, 3.63) is 16.6 Å². The number of thiazole rings is 1. The van der Waals surface area contributed by atoms with Crippen LogP contribution in [0.25, 0.3) is 0 Å². The first-order chi connectivity index (χ1) is 10.1. The van der Waals surface area contributed by atoms with Gasteiger partial charge in [0.1, 0.15) is 5.01 Å². The molecule has 0 saturated carbocycles. The predicted octanol–water partition coefficient (Wildman–Crippen LogP) is 0.529. The maximum atomic E-state index is 11.6. The number of likely N-dealkylation sites (tertiary alicyclic amines) is 1. The molecule has 1 aromatic rings. The van der Waals surface area contributed by atoms with Gasteiger partial charge < -0.3 is 4.74 Å². The van der Waals surface area contributed by atoms with E-state index in [0.29, 0.717) is 19.1 Å². The van der Waals surface area contributed by atoms with Crippen molar-refractivity contribution in [3.63, 3.8) is 0 Å². The molecule has 0 amide bonds. The third kappa shape index (κ3) is 3.62. The smallest absolute Gasteiger partial charge is 0.211 e. The minimum absolute atomic E-state index is 0.130. The van der Waals surface area contributed by atoms with Gasteiger partial charge in [0.15, 0.2) is 0 Å². The monoisotopic (exact) mass is 331 g/mol. The van der Waals surface area contributed by atoms with Crippen molar-refractivity contribution in [2.75, 3.05) is 32.0 Å². The van der Waals surface area contributed by atoms with Crippen LogP contribution >= 0.6 is 11.3 Å². The van der Waals surface area contributed by atoms with Crippen LogP contribution in [0.5, 0.6) is 0 Å². The second-order valence-electron chi connectivity index (χ2n) is 5.67. The number of nitrogens with zero attached hydrogens (tertiary/aromatic N) is 2. The molecule has 2 aliphatic rings. The number of aromatic nitrogens is 1. The summed E-state index contributed by atoms with van der Waals surface area (Å²) in [6.07, 6.45) is 2.07. The van der Waals surface area contributed by atoms with Gasteiger partial charge in [0.25, 0.3) is 0 Å². The number of nitrogens with one attached hydrogen (secondary N) is 1. The van der Waals surface area contributed by atoms with Crippen molar-refractivity contribution < 1.29 is 13.2 Å². The van der Waals surface area contributed by atoms with Crippen LogP contribution in [0.15, 0.2) is 11.6 Å². The summed E-state index contributed by atoms with van der Waals surface area (Å²) in [5.41, 5.74) is 0. The average Bonchev–Trinajstić information content (AvgIpc) is 3.14. The Morgan fingerprint density at radius 2 is 2.38 bits per heavy atom. The van der Waals surface area contributed by atoms with Crippen LogP contribution in [0.2, 0.25) is 0 Å². The molecular weight excluding hydrogens is 310 g/mol. The Bertz CT molecular complexity index is 561. The highest BCUT2D eigenvalue weighted by molar-refractivity contribution is 7.89. The molecule has 2 fully saturated rings. The third-order valence-corrected chi connectivity index (χ3v) is 6.43. The SMILES string of the molecule is CCS(=O)(=O)NC[C@@H]1CO[C@@H]2CN(Cc3nccs3)C[C@H]12. The van der Waals surface area contributed by atoms with Crippen molar-refractivity contribution in [2.24, 2.45) is 11.8 Å². The van der Waals surface area contributed by atoms with E-state index in [1.54, 1.807) is 18.3 Å².